The Bertz CT molecular complexity index is 490. The molecular weight excluding hydrogens is 232 g/mol. The minimum Gasteiger partial charge on any atom is -0.322 e. The molecule has 5 nitrogen and oxygen atoms in total. The van der Waals surface area contributed by atoms with Crippen LogP contribution in [0, 0.1) is 0 Å². The largest absolute Gasteiger partial charge is 0.322 e. The van der Waals surface area contributed by atoms with Crippen molar-refractivity contribution < 1.29 is 14.4 Å². The number of imide groups is 1. The number of hydrogen-bond acceptors (Lipinski definition) is 3. The number of nitrogens with one attached hydrogen (secondary N) is 1. The smallest absolute Gasteiger partial charge is 0.254 e. The van der Waals surface area contributed by atoms with Crippen molar-refractivity contribution >= 4 is 17.7 Å². The first-order chi connectivity index (χ1) is 8.54. The van der Waals surface area contributed by atoms with Crippen molar-refractivity contribution in [2.75, 3.05) is 6.54 Å². The maximum atomic E-state index is 12.0. The third-order valence-electron chi connectivity index (χ3n) is 3.15. The van der Waals surface area contributed by atoms with Crippen LogP contribution in [-0.2, 0) is 14.4 Å². The highest BCUT2D eigenvalue weighted by Gasteiger charge is 2.39. The minimum absolute atomic E-state index is 0.252. The lowest BCUT2D eigenvalue weighted by molar-refractivity contribution is -0.142. The zero-order chi connectivity index (χ0) is 13.3. The Morgan fingerprint density at radius 1 is 1.33 bits per heavy atom. The number of allylic oxidation sites excluding steroid dienone is 2. The van der Waals surface area contributed by atoms with E-state index in [2.05, 4.69) is 18.5 Å². The van der Waals surface area contributed by atoms with Crippen LogP contribution in [0.5, 0.6) is 0 Å². The summed E-state index contributed by atoms with van der Waals surface area (Å²) in [6.45, 7) is 7.63. The van der Waals surface area contributed by atoms with E-state index in [1.807, 2.05) is 0 Å². The van der Waals surface area contributed by atoms with Crippen molar-refractivity contribution in [1.82, 2.24) is 10.2 Å². The molecule has 0 aromatic heterocycles. The van der Waals surface area contributed by atoms with Crippen LogP contribution in [-0.4, -0.2) is 35.2 Å². The highest BCUT2D eigenvalue weighted by Crippen LogP contribution is 2.26. The van der Waals surface area contributed by atoms with Gasteiger partial charge in [0.25, 0.3) is 5.91 Å². The first-order valence-corrected chi connectivity index (χ1v) is 5.70. The van der Waals surface area contributed by atoms with E-state index >= 15 is 0 Å². The Morgan fingerprint density at radius 2 is 2.06 bits per heavy atom. The van der Waals surface area contributed by atoms with Crippen molar-refractivity contribution in [3.63, 3.8) is 0 Å². The second-order valence-corrected chi connectivity index (χ2v) is 4.31. The third kappa shape index (κ3) is 1.99. The summed E-state index contributed by atoms with van der Waals surface area (Å²) in [5, 5.41) is 2.25. The predicted octanol–water partition coefficient (Wildman–Crippen LogP) is 0.302. The van der Waals surface area contributed by atoms with E-state index < -0.39 is 11.9 Å². The first kappa shape index (κ1) is 12.3. The maximum Gasteiger partial charge on any atom is 0.254 e. The van der Waals surface area contributed by atoms with Crippen molar-refractivity contribution in [3.05, 3.63) is 36.5 Å². The fourth-order valence-corrected chi connectivity index (χ4v) is 2.19. The molecule has 0 spiro atoms. The zero-order valence-corrected chi connectivity index (χ0v) is 9.94. The van der Waals surface area contributed by atoms with Gasteiger partial charge in [0.05, 0.1) is 0 Å². The van der Waals surface area contributed by atoms with Gasteiger partial charge in [-0.25, -0.2) is 0 Å². The number of amides is 3. The van der Waals surface area contributed by atoms with Crippen molar-refractivity contribution in [3.8, 4) is 0 Å². The molecule has 2 saturated heterocycles. The van der Waals surface area contributed by atoms with Gasteiger partial charge < -0.3 is 4.90 Å². The molecule has 1 atom stereocenters. The third-order valence-corrected chi connectivity index (χ3v) is 3.15. The van der Waals surface area contributed by atoms with Crippen LogP contribution in [0.3, 0.4) is 0 Å². The Balaban J connectivity index is 2.20. The maximum absolute atomic E-state index is 12.0. The molecule has 0 aliphatic carbocycles. The fourth-order valence-electron chi connectivity index (χ4n) is 2.19. The Morgan fingerprint density at radius 3 is 2.67 bits per heavy atom. The fraction of sp³-hybridized carbons (Fsp3) is 0.308. The molecule has 2 aliphatic heterocycles. The van der Waals surface area contributed by atoms with Gasteiger partial charge in [0, 0.05) is 18.5 Å². The summed E-state index contributed by atoms with van der Waals surface area (Å²) in [7, 11) is 0. The average molecular weight is 246 g/mol. The molecule has 94 valence electrons. The Hall–Kier alpha value is -2.17. The summed E-state index contributed by atoms with van der Waals surface area (Å²) in [6.07, 6.45) is 3.92. The topological polar surface area (TPSA) is 66.5 Å². The molecular formula is C13H14N2O3. The van der Waals surface area contributed by atoms with Crippen molar-refractivity contribution in [1.29, 1.82) is 0 Å². The van der Waals surface area contributed by atoms with Gasteiger partial charge in [-0.1, -0.05) is 25.3 Å². The standard InChI is InChI=1S/C13H14N2O3/c1-3-4-9-7-15(13(18)8(9)2)10-5-6-11(16)14-12(10)17/h3-4,10H,1-2,5-7H2,(H,14,16,17)/b9-4-. The van der Waals surface area contributed by atoms with Crippen LogP contribution < -0.4 is 5.32 Å². The van der Waals surface area contributed by atoms with Gasteiger partial charge in [-0.3, -0.25) is 19.7 Å². The molecule has 0 bridgehead atoms. The Kier molecular flexibility index (Phi) is 3.14. The van der Waals surface area contributed by atoms with E-state index in [-0.39, 0.29) is 18.2 Å². The minimum atomic E-state index is -0.581. The lowest BCUT2D eigenvalue weighted by Gasteiger charge is -2.28. The van der Waals surface area contributed by atoms with Crippen LogP contribution in [0.15, 0.2) is 36.5 Å². The van der Waals surface area contributed by atoms with Gasteiger partial charge in [-0.2, -0.15) is 0 Å². The summed E-state index contributed by atoms with van der Waals surface area (Å²) in [6, 6.07) is -0.581. The van der Waals surface area contributed by atoms with E-state index in [0.717, 1.165) is 5.57 Å². The molecule has 0 radical (unpaired) electrons. The van der Waals surface area contributed by atoms with Crippen LogP contribution in [0.1, 0.15) is 12.8 Å². The van der Waals surface area contributed by atoms with Crippen LogP contribution in [0.2, 0.25) is 0 Å². The number of hydrogen-bond donors (Lipinski definition) is 1. The number of likely N-dealkylation sites (tertiary alicyclic amines) is 1. The van der Waals surface area contributed by atoms with E-state index in [1.165, 1.54) is 4.90 Å². The average Bonchev–Trinajstić information content (AvgIpc) is 2.58. The van der Waals surface area contributed by atoms with Crippen LogP contribution in [0.4, 0.5) is 0 Å². The van der Waals surface area contributed by atoms with Crippen LogP contribution in [0.25, 0.3) is 0 Å². The van der Waals surface area contributed by atoms with Gasteiger partial charge >= 0.3 is 0 Å². The molecule has 1 N–H and O–H groups in total. The van der Waals surface area contributed by atoms with Crippen molar-refractivity contribution in [2.45, 2.75) is 18.9 Å². The number of piperidine rings is 1. The molecule has 3 amide bonds. The van der Waals surface area contributed by atoms with E-state index in [0.29, 0.717) is 18.5 Å². The SMILES string of the molecule is C=C/C=C1/CN(C2CCC(=O)NC2=O)C(=O)C1=C. The second-order valence-electron chi connectivity index (χ2n) is 4.31. The van der Waals surface area contributed by atoms with Gasteiger partial charge in [-0.05, 0) is 12.0 Å². The zero-order valence-electron chi connectivity index (χ0n) is 9.94. The summed E-state index contributed by atoms with van der Waals surface area (Å²) in [4.78, 5) is 36.2. The summed E-state index contributed by atoms with van der Waals surface area (Å²) >= 11 is 0. The summed E-state index contributed by atoms with van der Waals surface area (Å²) < 4.78 is 0. The second kappa shape index (κ2) is 4.60. The monoisotopic (exact) mass is 246 g/mol. The number of carbonyl (C=O) groups is 3. The van der Waals surface area contributed by atoms with E-state index in [9.17, 15) is 14.4 Å². The lowest BCUT2D eigenvalue weighted by Crippen LogP contribution is -2.52. The number of nitrogens with zero attached hydrogens (tertiary/aromatic N) is 1. The molecule has 0 saturated carbocycles. The molecule has 2 rings (SSSR count). The highest BCUT2D eigenvalue weighted by atomic mass is 16.2. The summed E-state index contributed by atoms with van der Waals surface area (Å²) in [5.41, 5.74) is 1.15. The van der Waals surface area contributed by atoms with Gasteiger partial charge in [0.15, 0.2) is 0 Å². The van der Waals surface area contributed by atoms with E-state index in [4.69, 9.17) is 0 Å². The molecule has 18 heavy (non-hydrogen) atoms. The highest BCUT2D eigenvalue weighted by molar-refractivity contribution is 6.06. The normalized spacial score (nSPS) is 26.8. The van der Waals surface area contributed by atoms with E-state index in [1.54, 1.807) is 12.2 Å². The van der Waals surface area contributed by atoms with Gasteiger partial charge in [0.2, 0.25) is 11.8 Å². The molecule has 0 aromatic rings. The van der Waals surface area contributed by atoms with Gasteiger partial charge in [0.1, 0.15) is 6.04 Å². The summed E-state index contributed by atoms with van der Waals surface area (Å²) in [5.74, 6) is -0.951. The lowest BCUT2D eigenvalue weighted by atomic mass is 10.0. The van der Waals surface area contributed by atoms with Gasteiger partial charge in [-0.15, -0.1) is 0 Å². The van der Waals surface area contributed by atoms with Crippen LogP contribution >= 0.6 is 0 Å². The number of rotatable bonds is 2. The quantitative estimate of drug-likeness (QED) is 0.563. The molecule has 5 heteroatoms. The molecule has 2 fully saturated rings. The number of carbonyl (C=O) groups excluding carboxylic acids is 3. The molecule has 1 unspecified atom stereocenters. The molecule has 2 aliphatic rings. The first-order valence-electron chi connectivity index (χ1n) is 5.70. The molecule has 2 heterocycles. The van der Waals surface area contributed by atoms with Crippen molar-refractivity contribution in [2.24, 2.45) is 0 Å². The molecule has 0 aromatic carbocycles. The Labute approximate surface area is 105 Å². The predicted molar refractivity (Wildman–Crippen MR) is 65.3 cm³/mol.